The van der Waals surface area contributed by atoms with Crippen LogP contribution < -0.4 is 4.74 Å². The van der Waals surface area contributed by atoms with Crippen molar-refractivity contribution in [1.82, 2.24) is 0 Å². The molecule has 5 heteroatoms. The number of Topliss-reactive ketones (excluding diaryl/α,β-unsaturated/α-hetero) is 1. The molecule has 5 rings (SSSR count). The summed E-state index contributed by atoms with van der Waals surface area (Å²) in [6.45, 7) is 2.08. The first-order valence-electron chi connectivity index (χ1n) is 10.7. The van der Waals surface area contributed by atoms with Gasteiger partial charge in [0.2, 0.25) is 0 Å². The van der Waals surface area contributed by atoms with E-state index >= 15 is 0 Å². The molecule has 0 saturated carbocycles. The van der Waals surface area contributed by atoms with Gasteiger partial charge in [-0.05, 0) is 29.8 Å². The minimum absolute atomic E-state index is 0.00424. The summed E-state index contributed by atoms with van der Waals surface area (Å²) < 4.78 is 5.91. The molecular formula is C29H22O5. The summed E-state index contributed by atoms with van der Waals surface area (Å²) in [6.07, 6.45) is 0. The summed E-state index contributed by atoms with van der Waals surface area (Å²) in [5, 5.41) is 22.8. The molecule has 0 aliphatic carbocycles. The minimum Gasteiger partial charge on any atom is -0.504 e. The van der Waals surface area contributed by atoms with Crippen molar-refractivity contribution < 1.29 is 24.5 Å². The third kappa shape index (κ3) is 4.74. The quantitative estimate of drug-likeness (QED) is 0.180. The molecule has 0 bridgehead atoms. The van der Waals surface area contributed by atoms with Crippen LogP contribution in [0.4, 0.5) is 0 Å². The molecule has 5 aromatic rings. The normalized spacial score (nSPS) is 10.4. The van der Waals surface area contributed by atoms with Gasteiger partial charge in [-0.25, -0.2) is 4.79 Å². The number of fused-ring (bicyclic) bond motifs is 3. The number of carboxylic acids is 1. The molecule has 0 spiro atoms. The molecular weight excluding hydrogens is 428 g/mol. The van der Waals surface area contributed by atoms with Crippen LogP contribution in [0.5, 0.6) is 17.2 Å². The number of carboxylic acid groups (broad SMARTS) is 1. The van der Waals surface area contributed by atoms with Crippen LogP contribution in [0.15, 0.2) is 103 Å². The fourth-order valence-electron chi connectivity index (χ4n) is 3.67. The van der Waals surface area contributed by atoms with Crippen molar-refractivity contribution in [2.75, 3.05) is 0 Å². The number of ketones is 1. The predicted octanol–water partition coefficient (Wildman–Crippen LogP) is 6.75. The third-order valence-corrected chi connectivity index (χ3v) is 5.31. The van der Waals surface area contributed by atoms with Crippen LogP contribution in [0.1, 0.15) is 15.9 Å². The maximum Gasteiger partial charge on any atom is 0.377 e. The fourth-order valence-corrected chi connectivity index (χ4v) is 3.67. The summed E-state index contributed by atoms with van der Waals surface area (Å²) in [5.74, 6) is -2.06. The highest BCUT2D eigenvalue weighted by Crippen LogP contribution is 2.44. The Morgan fingerprint density at radius 2 is 1.24 bits per heavy atom. The molecule has 5 aromatic carbocycles. The Hall–Kier alpha value is -4.64. The van der Waals surface area contributed by atoms with Gasteiger partial charge in [-0.15, -0.1) is 0 Å². The van der Waals surface area contributed by atoms with E-state index in [1.54, 1.807) is 12.1 Å². The molecule has 0 atom stereocenters. The van der Waals surface area contributed by atoms with Crippen molar-refractivity contribution in [1.29, 1.82) is 0 Å². The van der Waals surface area contributed by atoms with E-state index in [0.717, 1.165) is 10.8 Å². The molecule has 0 heterocycles. The summed E-state index contributed by atoms with van der Waals surface area (Å²) in [5.41, 5.74) is 1.33. The highest BCUT2D eigenvalue weighted by molar-refractivity contribution is 6.39. The van der Waals surface area contributed by atoms with Crippen molar-refractivity contribution in [2.24, 2.45) is 0 Å². The summed E-state index contributed by atoms with van der Waals surface area (Å²) in [4.78, 5) is 22.6. The zero-order valence-corrected chi connectivity index (χ0v) is 18.4. The highest BCUT2D eigenvalue weighted by atomic mass is 16.5. The number of aromatic hydroxyl groups is 1. The average molecular weight is 450 g/mol. The lowest BCUT2D eigenvalue weighted by Gasteiger charge is -2.14. The fraction of sp³-hybridized carbons (Fsp3) is 0.0345. The van der Waals surface area contributed by atoms with Crippen LogP contribution in [-0.4, -0.2) is 22.0 Å². The number of phenolic OH excluding ortho intramolecular Hbond substituents is 1. The Bertz CT molecular complexity index is 1490. The van der Waals surface area contributed by atoms with E-state index < -0.39 is 11.8 Å². The molecule has 0 fully saturated rings. The monoisotopic (exact) mass is 450 g/mol. The van der Waals surface area contributed by atoms with Gasteiger partial charge in [-0.1, -0.05) is 96.6 Å². The lowest BCUT2D eigenvalue weighted by Crippen LogP contribution is -2.12. The van der Waals surface area contributed by atoms with Crippen molar-refractivity contribution in [2.45, 2.75) is 6.92 Å². The Balaban J connectivity index is 0.000000336. The molecule has 0 aliphatic rings. The van der Waals surface area contributed by atoms with Gasteiger partial charge in [-0.3, -0.25) is 4.79 Å². The number of hydrogen-bond acceptors (Lipinski definition) is 4. The van der Waals surface area contributed by atoms with Crippen LogP contribution >= 0.6 is 0 Å². The predicted molar refractivity (Wildman–Crippen MR) is 133 cm³/mol. The van der Waals surface area contributed by atoms with Crippen LogP contribution in [0.3, 0.4) is 0 Å². The first-order chi connectivity index (χ1) is 16.5. The topological polar surface area (TPSA) is 83.8 Å². The van der Waals surface area contributed by atoms with E-state index in [0.29, 0.717) is 10.8 Å². The van der Waals surface area contributed by atoms with Gasteiger partial charge in [0.1, 0.15) is 5.75 Å². The minimum atomic E-state index is -1.54. The summed E-state index contributed by atoms with van der Waals surface area (Å²) in [7, 11) is 0. The largest absolute Gasteiger partial charge is 0.504 e. The molecule has 0 unspecified atom stereocenters. The maximum atomic E-state index is 11.7. The number of hydrogen-bond donors (Lipinski definition) is 2. The molecule has 0 aromatic heterocycles. The lowest BCUT2D eigenvalue weighted by atomic mass is 10.00. The summed E-state index contributed by atoms with van der Waals surface area (Å²) in [6, 6.07) is 31.1. The molecule has 5 nitrogen and oxygen atoms in total. The first kappa shape index (κ1) is 22.6. The molecule has 0 aliphatic heterocycles. The second kappa shape index (κ2) is 9.88. The zero-order valence-electron chi connectivity index (χ0n) is 18.4. The second-order valence-electron chi connectivity index (χ2n) is 7.69. The van der Waals surface area contributed by atoms with E-state index in [4.69, 9.17) is 9.84 Å². The molecule has 0 saturated heterocycles. The number of ether oxygens (including phenoxy) is 1. The van der Waals surface area contributed by atoms with Gasteiger partial charge in [0, 0.05) is 16.3 Å². The standard InChI is InChI=1S/C22H14O5.C7H8/c23-19(22(25)26)13-6-5-7-14(12-13)27-21-18-11-4-2-9-16(18)15-8-1-3-10-17(15)20(21)24;1-7-5-3-2-4-6-7/h1-12,24H,(H,25,26);2-6H,1H3. The van der Waals surface area contributed by atoms with Gasteiger partial charge in [-0.2, -0.15) is 0 Å². The van der Waals surface area contributed by atoms with Crippen molar-refractivity contribution in [3.63, 3.8) is 0 Å². The van der Waals surface area contributed by atoms with Crippen LogP contribution in [0.25, 0.3) is 21.5 Å². The maximum absolute atomic E-state index is 11.7. The van der Waals surface area contributed by atoms with Crippen molar-refractivity contribution in [3.05, 3.63) is 114 Å². The SMILES string of the molecule is Cc1ccccc1.O=C(O)C(=O)c1cccc(Oc2c(O)c3ccccc3c3ccccc23)c1. The van der Waals surface area contributed by atoms with Crippen molar-refractivity contribution in [3.8, 4) is 17.2 Å². The highest BCUT2D eigenvalue weighted by Gasteiger charge is 2.18. The van der Waals surface area contributed by atoms with E-state index in [-0.39, 0.29) is 22.8 Å². The number of carbonyl (C=O) groups excluding carboxylic acids is 1. The zero-order chi connectivity index (χ0) is 24.1. The Morgan fingerprint density at radius 3 is 1.82 bits per heavy atom. The smallest absolute Gasteiger partial charge is 0.377 e. The molecule has 168 valence electrons. The van der Waals surface area contributed by atoms with Crippen LogP contribution in [0, 0.1) is 6.92 Å². The Morgan fingerprint density at radius 1 is 0.676 bits per heavy atom. The van der Waals surface area contributed by atoms with Crippen molar-refractivity contribution >= 4 is 33.3 Å². The van der Waals surface area contributed by atoms with E-state index in [9.17, 15) is 14.7 Å². The number of aliphatic carboxylic acids is 1. The summed E-state index contributed by atoms with van der Waals surface area (Å²) >= 11 is 0. The van der Waals surface area contributed by atoms with Gasteiger partial charge in [0.15, 0.2) is 11.5 Å². The van der Waals surface area contributed by atoms with Crippen LogP contribution in [-0.2, 0) is 4.79 Å². The second-order valence-corrected chi connectivity index (χ2v) is 7.69. The molecule has 0 radical (unpaired) electrons. The van der Waals surface area contributed by atoms with Crippen LogP contribution in [0.2, 0.25) is 0 Å². The molecule has 2 N–H and O–H groups in total. The van der Waals surface area contributed by atoms with Gasteiger partial charge >= 0.3 is 5.97 Å². The van der Waals surface area contributed by atoms with Gasteiger partial charge in [0.05, 0.1) is 0 Å². The van der Waals surface area contributed by atoms with E-state index in [2.05, 4.69) is 19.1 Å². The lowest BCUT2D eigenvalue weighted by molar-refractivity contribution is -0.131. The number of phenols is 1. The number of rotatable bonds is 4. The number of aryl methyl sites for hydroxylation is 1. The first-order valence-corrected chi connectivity index (χ1v) is 10.7. The number of benzene rings is 5. The van der Waals surface area contributed by atoms with Gasteiger partial charge < -0.3 is 14.9 Å². The molecule has 34 heavy (non-hydrogen) atoms. The number of carbonyl (C=O) groups is 2. The van der Waals surface area contributed by atoms with E-state index in [1.165, 1.54) is 23.8 Å². The van der Waals surface area contributed by atoms with Gasteiger partial charge in [0.25, 0.3) is 5.78 Å². The Labute approximate surface area is 196 Å². The Kier molecular flexibility index (Phi) is 6.55. The average Bonchev–Trinajstić information content (AvgIpc) is 2.87. The third-order valence-electron chi connectivity index (χ3n) is 5.31. The van der Waals surface area contributed by atoms with E-state index in [1.807, 2.05) is 60.7 Å². The molecule has 0 amide bonds.